The van der Waals surface area contributed by atoms with E-state index in [0.29, 0.717) is 34.7 Å². The molecule has 0 atom stereocenters. The number of aryl methyl sites for hydroxylation is 2. The Morgan fingerprint density at radius 1 is 1.00 bits per heavy atom. The van der Waals surface area contributed by atoms with Crippen molar-refractivity contribution in [3.05, 3.63) is 83.7 Å². The van der Waals surface area contributed by atoms with Gasteiger partial charge < -0.3 is 10.1 Å². The van der Waals surface area contributed by atoms with Gasteiger partial charge in [0.25, 0.3) is 10.0 Å². The van der Waals surface area contributed by atoms with E-state index in [1.807, 2.05) is 0 Å². The monoisotopic (exact) mass is 442 g/mol. The van der Waals surface area contributed by atoms with Crippen molar-refractivity contribution in [1.29, 1.82) is 0 Å². The lowest BCUT2D eigenvalue weighted by molar-refractivity contribution is -0.116. The highest BCUT2D eigenvalue weighted by Crippen LogP contribution is 2.24. The number of carbonyl (C=O) groups excluding carboxylic acids is 1. The molecular weight excluding hydrogens is 419 g/mol. The Hall–Kier alpha value is -3.39. The lowest BCUT2D eigenvalue weighted by Crippen LogP contribution is -2.16. The number of sulfonamides is 1. The van der Waals surface area contributed by atoms with E-state index in [9.17, 15) is 17.6 Å². The molecule has 0 saturated heterocycles. The summed E-state index contributed by atoms with van der Waals surface area (Å²) in [6.45, 7) is 1.68. The zero-order valence-electron chi connectivity index (χ0n) is 17.2. The summed E-state index contributed by atoms with van der Waals surface area (Å²) in [6.07, 6.45) is 0.517. The highest BCUT2D eigenvalue weighted by molar-refractivity contribution is 7.92. The lowest BCUT2D eigenvalue weighted by Gasteiger charge is -2.13. The molecule has 31 heavy (non-hydrogen) atoms. The van der Waals surface area contributed by atoms with E-state index >= 15 is 0 Å². The SMILES string of the molecule is COc1ccc(NS(=O)(=O)c2cc(NC(=O)CCc3cccc(F)c3)ccc2C)cc1. The van der Waals surface area contributed by atoms with Crippen molar-refractivity contribution in [1.82, 2.24) is 0 Å². The largest absolute Gasteiger partial charge is 0.497 e. The summed E-state index contributed by atoms with van der Waals surface area (Å²) in [6, 6.07) is 17.3. The summed E-state index contributed by atoms with van der Waals surface area (Å²) in [7, 11) is -2.34. The molecule has 0 aliphatic heterocycles. The van der Waals surface area contributed by atoms with Gasteiger partial charge in [-0.1, -0.05) is 18.2 Å². The number of rotatable bonds is 8. The molecule has 8 heteroatoms. The first-order chi connectivity index (χ1) is 14.8. The first-order valence-electron chi connectivity index (χ1n) is 9.58. The summed E-state index contributed by atoms with van der Waals surface area (Å²) in [5, 5.41) is 2.70. The third-order valence-corrected chi connectivity index (χ3v) is 6.16. The zero-order valence-corrected chi connectivity index (χ0v) is 18.0. The number of hydrogen-bond acceptors (Lipinski definition) is 4. The second-order valence-electron chi connectivity index (χ2n) is 6.99. The number of ether oxygens (including phenoxy) is 1. The van der Waals surface area contributed by atoms with Crippen molar-refractivity contribution >= 4 is 27.3 Å². The predicted octanol–water partition coefficient (Wildman–Crippen LogP) is 4.51. The van der Waals surface area contributed by atoms with E-state index < -0.39 is 10.0 Å². The van der Waals surface area contributed by atoms with E-state index in [4.69, 9.17) is 4.74 Å². The Morgan fingerprint density at radius 3 is 2.39 bits per heavy atom. The van der Waals surface area contributed by atoms with Crippen molar-refractivity contribution in [3.63, 3.8) is 0 Å². The Kier molecular flexibility index (Phi) is 6.91. The molecule has 2 N–H and O–H groups in total. The second kappa shape index (κ2) is 9.61. The molecule has 3 rings (SSSR count). The number of benzene rings is 3. The maximum atomic E-state index is 13.3. The van der Waals surface area contributed by atoms with Crippen molar-refractivity contribution in [2.75, 3.05) is 17.1 Å². The van der Waals surface area contributed by atoms with Gasteiger partial charge in [-0.15, -0.1) is 0 Å². The van der Waals surface area contributed by atoms with Crippen molar-refractivity contribution in [2.24, 2.45) is 0 Å². The lowest BCUT2D eigenvalue weighted by atomic mass is 10.1. The number of amides is 1. The molecule has 0 heterocycles. The van der Waals surface area contributed by atoms with Crippen LogP contribution >= 0.6 is 0 Å². The van der Waals surface area contributed by atoms with Crippen molar-refractivity contribution in [2.45, 2.75) is 24.7 Å². The van der Waals surface area contributed by atoms with Gasteiger partial charge in [0.15, 0.2) is 0 Å². The molecule has 162 valence electrons. The van der Waals surface area contributed by atoms with Crippen LogP contribution in [-0.2, 0) is 21.2 Å². The average Bonchev–Trinajstić information content (AvgIpc) is 2.74. The van der Waals surface area contributed by atoms with Gasteiger partial charge in [-0.05, 0) is 73.0 Å². The molecule has 1 amide bonds. The summed E-state index contributed by atoms with van der Waals surface area (Å²) in [4.78, 5) is 12.3. The first-order valence-corrected chi connectivity index (χ1v) is 11.1. The minimum atomic E-state index is -3.87. The molecule has 0 aliphatic carbocycles. The minimum Gasteiger partial charge on any atom is -0.497 e. The maximum absolute atomic E-state index is 13.3. The van der Waals surface area contributed by atoms with E-state index in [1.54, 1.807) is 55.5 Å². The van der Waals surface area contributed by atoms with Crippen LogP contribution in [0.1, 0.15) is 17.5 Å². The molecule has 0 unspecified atom stereocenters. The Balaban J connectivity index is 1.70. The number of anilines is 2. The van der Waals surface area contributed by atoms with Gasteiger partial charge >= 0.3 is 0 Å². The predicted molar refractivity (Wildman–Crippen MR) is 118 cm³/mol. The van der Waals surface area contributed by atoms with Crippen LogP contribution in [0.3, 0.4) is 0 Å². The maximum Gasteiger partial charge on any atom is 0.262 e. The quantitative estimate of drug-likeness (QED) is 0.537. The van der Waals surface area contributed by atoms with Crippen molar-refractivity contribution in [3.8, 4) is 5.75 Å². The van der Waals surface area contributed by atoms with Crippen LogP contribution in [-0.4, -0.2) is 21.4 Å². The van der Waals surface area contributed by atoms with Gasteiger partial charge in [0.1, 0.15) is 11.6 Å². The highest BCUT2D eigenvalue weighted by atomic mass is 32.2. The summed E-state index contributed by atoms with van der Waals surface area (Å²) in [5.41, 5.74) is 2.01. The smallest absolute Gasteiger partial charge is 0.262 e. The number of halogens is 1. The number of nitrogens with one attached hydrogen (secondary N) is 2. The third-order valence-electron chi connectivity index (χ3n) is 4.63. The third kappa shape index (κ3) is 6.05. The fourth-order valence-corrected chi connectivity index (χ4v) is 4.34. The van der Waals surface area contributed by atoms with Gasteiger partial charge in [-0.3, -0.25) is 9.52 Å². The Bertz CT molecular complexity index is 1180. The van der Waals surface area contributed by atoms with Gasteiger partial charge in [0.05, 0.1) is 12.0 Å². The molecular formula is C23H23FN2O4S. The van der Waals surface area contributed by atoms with Gasteiger partial charge in [-0.25, -0.2) is 12.8 Å². The van der Waals surface area contributed by atoms with Gasteiger partial charge in [0.2, 0.25) is 5.91 Å². The summed E-state index contributed by atoms with van der Waals surface area (Å²) < 4.78 is 46.6. The van der Waals surface area contributed by atoms with Crippen molar-refractivity contribution < 1.29 is 22.3 Å². The van der Waals surface area contributed by atoms with Crippen LogP contribution in [0.5, 0.6) is 5.75 Å². The Morgan fingerprint density at radius 2 is 1.71 bits per heavy atom. The fourth-order valence-electron chi connectivity index (χ4n) is 3.01. The van der Waals surface area contributed by atoms with Crippen LogP contribution in [0.4, 0.5) is 15.8 Å². The van der Waals surface area contributed by atoms with Crippen LogP contribution in [0.2, 0.25) is 0 Å². The molecule has 0 aliphatic rings. The van der Waals surface area contributed by atoms with Gasteiger partial charge in [0, 0.05) is 17.8 Å². The summed E-state index contributed by atoms with van der Waals surface area (Å²) in [5.74, 6) is -0.0303. The molecule has 0 bridgehead atoms. The molecule has 0 radical (unpaired) electrons. The first kappa shape index (κ1) is 22.3. The van der Waals surface area contributed by atoms with E-state index in [2.05, 4.69) is 10.0 Å². The highest BCUT2D eigenvalue weighted by Gasteiger charge is 2.18. The number of methoxy groups -OCH3 is 1. The number of hydrogen-bond donors (Lipinski definition) is 2. The van der Waals surface area contributed by atoms with Crippen LogP contribution < -0.4 is 14.8 Å². The average molecular weight is 443 g/mol. The number of carbonyl (C=O) groups is 1. The van der Waals surface area contributed by atoms with Crippen LogP contribution in [0.25, 0.3) is 0 Å². The molecule has 0 fully saturated rings. The van der Waals surface area contributed by atoms with E-state index in [1.165, 1.54) is 25.3 Å². The normalized spacial score (nSPS) is 11.1. The zero-order chi connectivity index (χ0) is 22.4. The molecule has 3 aromatic rings. The van der Waals surface area contributed by atoms with Crippen LogP contribution in [0, 0.1) is 12.7 Å². The molecule has 0 aromatic heterocycles. The molecule has 0 spiro atoms. The fraction of sp³-hybridized carbons (Fsp3) is 0.174. The van der Waals surface area contributed by atoms with Gasteiger partial charge in [-0.2, -0.15) is 0 Å². The molecule has 3 aromatic carbocycles. The topological polar surface area (TPSA) is 84.5 Å². The molecule has 6 nitrogen and oxygen atoms in total. The second-order valence-corrected chi connectivity index (χ2v) is 8.64. The van der Waals surface area contributed by atoms with Crippen LogP contribution in [0.15, 0.2) is 71.6 Å². The van der Waals surface area contributed by atoms with E-state index in [-0.39, 0.29) is 23.0 Å². The minimum absolute atomic E-state index is 0.0613. The van der Waals surface area contributed by atoms with E-state index in [0.717, 1.165) is 0 Å². The molecule has 0 saturated carbocycles. The Labute approximate surface area is 181 Å². The summed E-state index contributed by atoms with van der Waals surface area (Å²) >= 11 is 0. The standard InChI is InChI=1S/C23H23FN2O4S/c1-16-6-8-20(25-23(27)13-7-17-4-3-5-18(24)14-17)15-22(16)31(28,29)26-19-9-11-21(30-2)12-10-19/h3-6,8-12,14-15,26H,7,13H2,1-2H3,(H,25,27).